The van der Waals surface area contributed by atoms with Gasteiger partial charge in [0.05, 0.1) is 10.7 Å². The third-order valence-corrected chi connectivity index (χ3v) is 4.26. The summed E-state index contributed by atoms with van der Waals surface area (Å²) in [6.07, 6.45) is 0.683. The van der Waals surface area contributed by atoms with Crippen LogP contribution in [0, 0.1) is 0 Å². The molecule has 6 heteroatoms. The van der Waals surface area contributed by atoms with Gasteiger partial charge in [-0.3, -0.25) is 9.59 Å². The number of aromatic nitrogens is 1. The second-order valence-electron chi connectivity index (χ2n) is 6.33. The molecule has 1 aromatic carbocycles. The molecule has 0 spiro atoms. The van der Waals surface area contributed by atoms with Crippen LogP contribution in [-0.4, -0.2) is 23.3 Å². The van der Waals surface area contributed by atoms with E-state index in [-0.39, 0.29) is 11.3 Å². The summed E-state index contributed by atoms with van der Waals surface area (Å²) in [5.41, 5.74) is 7.07. The monoisotopic (exact) mass is 331 g/mol. The van der Waals surface area contributed by atoms with Crippen LogP contribution in [0.3, 0.4) is 0 Å². The van der Waals surface area contributed by atoms with E-state index in [9.17, 15) is 9.59 Å². The van der Waals surface area contributed by atoms with Crippen molar-refractivity contribution in [1.82, 2.24) is 10.3 Å². The summed E-state index contributed by atoms with van der Waals surface area (Å²) in [4.78, 5) is 27.8. The number of primary amides is 1. The van der Waals surface area contributed by atoms with Gasteiger partial charge < -0.3 is 11.1 Å². The number of carbonyl (C=O) groups excluding carboxylic acids is 2. The maximum Gasteiger partial charge on any atom is 0.251 e. The second-order valence-corrected chi connectivity index (χ2v) is 7.27. The molecule has 5 nitrogen and oxygen atoms in total. The SMILES string of the molecule is CC(C)(C)c1csc(CCNC(=O)c2cccc(C(N)=O)c2)n1. The number of nitrogens with two attached hydrogens (primary N) is 1. The highest BCUT2D eigenvalue weighted by atomic mass is 32.1. The molecule has 0 fully saturated rings. The molecule has 1 aromatic heterocycles. The Morgan fingerprint density at radius 3 is 2.57 bits per heavy atom. The number of hydrogen-bond donors (Lipinski definition) is 2. The summed E-state index contributed by atoms with van der Waals surface area (Å²) in [5.74, 6) is -0.766. The highest BCUT2D eigenvalue weighted by Gasteiger charge is 2.17. The summed E-state index contributed by atoms with van der Waals surface area (Å²) < 4.78 is 0. The van der Waals surface area contributed by atoms with Gasteiger partial charge >= 0.3 is 0 Å². The molecule has 2 rings (SSSR count). The van der Waals surface area contributed by atoms with Gasteiger partial charge in [-0.25, -0.2) is 4.98 Å². The molecule has 3 N–H and O–H groups in total. The second kappa shape index (κ2) is 6.91. The van der Waals surface area contributed by atoms with E-state index in [0.717, 1.165) is 10.7 Å². The molecule has 2 amide bonds. The first-order valence-electron chi connectivity index (χ1n) is 7.40. The average Bonchev–Trinajstić information content (AvgIpc) is 2.96. The molecule has 0 aliphatic carbocycles. The van der Waals surface area contributed by atoms with Crippen LogP contribution in [0.25, 0.3) is 0 Å². The van der Waals surface area contributed by atoms with Crippen molar-refractivity contribution < 1.29 is 9.59 Å². The van der Waals surface area contributed by atoms with Crippen molar-refractivity contribution in [2.75, 3.05) is 6.54 Å². The first-order chi connectivity index (χ1) is 10.8. The molecule has 122 valence electrons. The van der Waals surface area contributed by atoms with E-state index in [1.54, 1.807) is 29.5 Å². The molecule has 0 bridgehead atoms. The van der Waals surface area contributed by atoms with Crippen molar-refractivity contribution in [2.45, 2.75) is 32.6 Å². The molecular weight excluding hydrogens is 310 g/mol. The number of thiazole rings is 1. The van der Waals surface area contributed by atoms with E-state index in [2.05, 4.69) is 36.5 Å². The third-order valence-electron chi connectivity index (χ3n) is 3.35. The molecule has 0 saturated carbocycles. The zero-order valence-electron chi connectivity index (χ0n) is 13.6. The Morgan fingerprint density at radius 1 is 1.26 bits per heavy atom. The van der Waals surface area contributed by atoms with Crippen molar-refractivity contribution in [3.05, 3.63) is 51.5 Å². The zero-order valence-corrected chi connectivity index (χ0v) is 14.4. The predicted molar refractivity (Wildman–Crippen MR) is 91.8 cm³/mol. The van der Waals surface area contributed by atoms with Gasteiger partial charge in [-0.15, -0.1) is 11.3 Å². The Morgan fingerprint density at radius 2 is 1.96 bits per heavy atom. The summed E-state index contributed by atoms with van der Waals surface area (Å²) in [6.45, 7) is 6.87. The average molecular weight is 331 g/mol. The van der Waals surface area contributed by atoms with Crippen molar-refractivity contribution in [1.29, 1.82) is 0 Å². The fourth-order valence-electron chi connectivity index (χ4n) is 1.97. The quantitative estimate of drug-likeness (QED) is 0.883. The molecule has 2 aromatic rings. The lowest BCUT2D eigenvalue weighted by Gasteiger charge is -2.14. The van der Waals surface area contributed by atoms with Gasteiger partial charge in [0.2, 0.25) is 5.91 Å². The minimum absolute atomic E-state index is 0.0349. The van der Waals surface area contributed by atoms with E-state index < -0.39 is 5.91 Å². The highest BCUT2D eigenvalue weighted by molar-refractivity contribution is 7.09. The fraction of sp³-hybridized carbons (Fsp3) is 0.353. The Hall–Kier alpha value is -2.21. The van der Waals surface area contributed by atoms with E-state index >= 15 is 0 Å². The van der Waals surface area contributed by atoms with Crippen LogP contribution in [0.5, 0.6) is 0 Å². The predicted octanol–water partition coefficient (Wildman–Crippen LogP) is 2.51. The molecule has 23 heavy (non-hydrogen) atoms. The number of nitrogens with zero attached hydrogens (tertiary/aromatic N) is 1. The van der Waals surface area contributed by atoms with Crippen molar-refractivity contribution in [3.8, 4) is 0 Å². The highest BCUT2D eigenvalue weighted by Crippen LogP contribution is 2.23. The van der Waals surface area contributed by atoms with Crippen LogP contribution < -0.4 is 11.1 Å². The fourth-order valence-corrected chi connectivity index (χ4v) is 2.99. The molecule has 0 aliphatic heterocycles. The van der Waals surface area contributed by atoms with Gasteiger partial charge in [-0.2, -0.15) is 0 Å². The van der Waals surface area contributed by atoms with E-state index in [4.69, 9.17) is 5.73 Å². The van der Waals surface area contributed by atoms with Crippen LogP contribution in [-0.2, 0) is 11.8 Å². The maximum absolute atomic E-state index is 12.1. The number of hydrogen-bond acceptors (Lipinski definition) is 4. The van der Waals surface area contributed by atoms with Crippen molar-refractivity contribution in [3.63, 3.8) is 0 Å². The summed E-state index contributed by atoms with van der Waals surface area (Å²) >= 11 is 1.61. The van der Waals surface area contributed by atoms with Gasteiger partial charge in [-0.05, 0) is 18.2 Å². The lowest BCUT2D eigenvalue weighted by molar-refractivity contribution is 0.0954. The Balaban J connectivity index is 1.91. The van der Waals surface area contributed by atoms with Crippen molar-refractivity contribution >= 4 is 23.2 Å². The number of amides is 2. The third kappa shape index (κ3) is 4.63. The molecule has 0 unspecified atom stereocenters. The van der Waals surface area contributed by atoms with E-state index in [1.807, 2.05) is 0 Å². The van der Waals surface area contributed by atoms with E-state index in [0.29, 0.717) is 24.1 Å². The number of benzene rings is 1. The smallest absolute Gasteiger partial charge is 0.251 e. The topological polar surface area (TPSA) is 85.1 Å². The van der Waals surface area contributed by atoms with Gasteiger partial charge in [0.25, 0.3) is 5.91 Å². The Bertz CT molecular complexity index is 717. The molecule has 0 aliphatic rings. The molecular formula is C17H21N3O2S. The van der Waals surface area contributed by atoms with Crippen LogP contribution in [0.4, 0.5) is 0 Å². The minimum Gasteiger partial charge on any atom is -0.366 e. The zero-order chi connectivity index (χ0) is 17.0. The van der Waals surface area contributed by atoms with Gasteiger partial charge in [0.1, 0.15) is 0 Å². The van der Waals surface area contributed by atoms with Gasteiger partial charge in [0.15, 0.2) is 0 Å². The minimum atomic E-state index is -0.544. The van der Waals surface area contributed by atoms with Crippen LogP contribution in [0.2, 0.25) is 0 Å². The van der Waals surface area contributed by atoms with Crippen LogP contribution in [0.1, 0.15) is 52.2 Å². The molecule has 0 atom stereocenters. The maximum atomic E-state index is 12.1. The van der Waals surface area contributed by atoms with E-state index in [1.165, 1.54) is 6.07 Å². The van der Waals surface area contributed by atoms with Crippen molar-refractivity contribution in [2.24, 2.45) is 5.73 Å². The first-order valence-corrected chi connectivity index (χ1v) is 8.28. The lowest BCUT2D eigenvalue weighted by atomic mass is 9.93. The van der Waals surface area contributed by atoms with Gasteiger partial charge in [0, 0.05) is 34.9 Å². The van der Waals surface area contributed by atoms with Crippen LogP contribution in [0.15, 0.2) is 29.6 Å². The Kier molecular flexibility index (Phi) is 5.15. The summed E-state index contributed by atoms with van der Waals surface area (Å²) in [6, 6.07) is 6.38. The summed E-state index contributed by atoms with van der Waals surface area (Å²) in [5, 5.41) is 5.90. The largest absolute Gasteiger partial charge is 0.366 e. The first kappa shape index (κ1) is 17.1. The number of carbonyl (C=O) groups is 2. The summed E-state index contributed by atoms with van der Waals surface area (Å²) in [7, 11) is 0. The lowest BCUT2D eigenvalue weighted by Crippen LogP contribution is -2.26. The molecule has 0 saturated heterocycles. The van der Waals surface area contributed by atoms with Gasteiger partial charge in [-0.1, -0.05) is 26.8 Å². The molecule has 0 radical (unpaired) electrons. The number of nitrogens with one attached hydrogen (secondary N) is 1. The van der Waals surface area contributed by atoms with Crippen LogP contribution >= 0.6 is 11.3 Å². The molecule has 1 heterocycles. The normalized spacial score (nSPS) is 11.3. The Labute approximate surface area is 139 Å². The number of rotatable bonds is 5. The standard InChI is InChI=1S/C17H21N3O2S/c1-17(2,3)13-10-23-14(20-13)7-8-19-16(22)12-6-4-5-11(9-12)15(18)21/h4-6,9-10H,7-8H2,1-3H3,(H2,18,21)(H,19,22).